The molecular weight excluding hydrogens is 349 g/mol. The van der Waals surface area contributed by atoms with Crippen molar-refractivity contribution in [1.82, 2.24) is 15.5 Å². The lowest BCUT2D eigenvalue weighted by Crippen LogP contribution is -2.38. The predicted octanol–water partition coefficient (Wildman–Crippen LogP) is 2.08. The lowest BCUT2D eigenvalue weighted by molar-refractivity contribution is -0.153. The van der Waals surface area contributed by atoms with Crippen LogP contribution in [0.4, 0.5) is 13.2 Å². The van der Waals surface area contributed by atoms with Gasteiger partial charge in [0.15, 0.2) is 12.6 Å². The molecule has 1 aromatic rings. The van der Waals surface area contributed by atoms with Crippen LogP contribution in [0.25, 0.3) is 0 Å². The van der Waals surface area contributed by atoms with E-state index in [4.69, 9.17) is 4.74 Å². The molecule has 0 aliphatic rings. The number of rotatable bonds is 7. The highest BCUT2D eigenvalue weighted by Gasteiger charge is 2.28. The fraction of sp³-hybridized carbons (Fsp3) is 0.529. The van der Waals surface area contributed by atoms with Crippen molar-refractivity contribution in [3.8, 4) is 5.75 Å². The van der Waals surface area contributed by atoms with Crippen molar-refractivity contribution >= 4 is 11.9 Å². The Bertz CT molecular complexity index is 631. The summed E-state index contributed by atoms with van der Waals surface area (Å²) in [5.41, 5.74) is 1.38. The average molecular weight is 374 g/mol. The summed E-state index contributed by atoms with van der Waals surface area (Å²) >= 11 is 0. The highest BCUT2D eigenvalue weighted by molar-refractivity contribution is 5.81. The van der Waals surface area contributed by atoms with E-state index in [1.165, 1.54) is 4.90 Å². The number of hydrogen-bond acceptors (Lipinski definition) is 3. The molecule has 0 fully saturated rings. The normalized spacial score (nSPS) is 11.9. The van der Waals surface area contributed by atoms with E-state index in [0.717, 1.165) is 5.56 Å². The Balaban J connectivity index is 2.62. The molecule has 1 amide bonds. The van der Waals surface area contributed by atoms with Gasteiger partial charge in [-0.3, -0.25) is 9.79 Å². The fourth-order valence-corrected chi connectivity index (χ4v) is 2.01. The standard InChI is InChI=1S/C17H25F3N4O2/c1-12-5-6-13(14(9-12)26-11-17(18,19)20)10-23-16(21-2)22-8-7-15(25)24(3)4/h5-6,9H,7-8,10-11H2,1-4H3,(H2,21,22,23). The molecule has 2 N–H and O–H groups in total. The van der Waals surface area contributed by atoms with Crippen LogP contribution in [-0.2, 0) is 11.3 Å². The zero-order valence-electron chi connectivity index (χ0n) is 15.4. The summed E-state index contributed by atoms with van der Waals surface area (Å²) in [6.07, 6.45) is -4.09. The number of hydrogen-bond donors (Lipinski definition) is 2. The van der Waals surface area contributed by atoms with E-state index in [-0.39, 0.29) is 18.2 Å². The summed E-state index contributed by atoms with van der Waals surface area (Å²) in [6.45, 7) is 1.06. The number of benzene rings is 1. The van der Waals surface area contributed by atoms with E-state index in [1.54, 1.807) is 46.3 Å². The van der Waals surface area contributed by atoms with Gasteiger partial charge in [-0.15, -0.1) is 0 Å². The Morgan fingerprint density at radius 2 is 1.96 bits per heavy atom. The van der Waals surface area contributed by atoms with Crippen LogP contribution in [0, 0.1) is 6.92 Å². The molecule has 0 spiro atoms. The monoisotopic (exact) mass is 374 g/mol. The van der Waals surface area contributed by atoms with Crippen LogP contribution in [0.1, 0.15) is 17.5 Å². The zero-order chi connectivity index (χ0) is 19.7. The molecule has 0 unspecified atom stereocenters. The summed E-state index contributed by atoms with van der Waals surface area (Å²) in [5, 5.41) is 5.98. The number of carbonyl (C=O) groups excluding carboxylic acids is 1. The highest BCUT2D eigenvalue weighted by Crippen LogP contribution is 2.23. The number of ether oxygens (including phenoxy) is 1. The molecule has 9 heteroatoms. The Labute approximate surface area is 151 Å². The van der Waals surface area contributed by atoms with Gasteiger partial charge in [0.1, 0.15) is 5.75 Å². The molecule has 6 nitrogen and oxygen atoms in total. The van der Waals surface area contributed by atoms with E-state index in [2.05, 4.69) is 15.6 Å². The number of amides is 1. The molecule has 0 bridgehead atoms. The fourth-order valence-electron chi connectivity index (χ4n) is 2.01. The Morgan fingerprint density at radius 1 is 1.27 bits per heavy atom. The van der Waals surface area contributed by atoms with E-state index in [9.17, 15) is 18.0 Å². The SMILES string of the molecule is CN=C(NCCC(=O)N(C)C)NCc1ccc(C)cc1OCC(F)(F)F. The van der Waals surface area contributed by atoms with Gasteiger partial charge >= 0.3 is 6.18 Å². The van der Waals surface area contributed by atoms with Crippen molar-refractivity contribution in [3.05, 3.63) is 29.3 Å². The third-order valence-electron chi connectivity index (χ3n) is 3.41. The molecule has 146 valence electrons. The van der Waals surface area contributed by atoms with Crippen molar-refractivity contribution in [1.29, 1.82) is 0 Å². The molecule has 0 heterocycles. The van der Waals surface area contributed by atoms with Crippen LogP contribution in [0.2, 0.25) is 0 Å². The molecular formula is C17H25F3N4O2. The maximum atomic E-state index is 12.4. The molecule has 0 aromatic heterocycles. The van der Waals surface area contributed by atoms with Gasteiger partial charge in [-0.25, -0.2) is 0 Å². The van der Waals surface area contributed by atoms with Crippen LogP contribution in [0.3, 0.4) is 0 Å². The first-order valence-electron chi connectivity index (χ1n) is 8.06. The van der Waals surface area contributed by atoms with E-state index < -0.39 is 12.8 Å². The number of nitrogens with one attached hydrogen (secondary N) is 2. The molecule has 26 heavy (non-hydrogen) atoms. The average Bonchev–Trinajstić information content (AvgIpc) is 2.56. The molecule has 0 aliphatic carbocycles. The second kappa shape index (κ2) is 9.88. The summed E-state index contributed by atoms with van der Waals surface area (Å²) in [6, 6.07) is 5.06. The van der Waals surface area contributed by atoms with Gasteiger partial charge in [-0.1, -0.05) is 12.1 Å². The maximum absolute atomic E-state index is 12.4. The van der Waals surface area contributed by atoms with Crippen LogP contribution < -0.4 is 15.4 Å². The first-order valence-corrected chi connectivity index (χ1v) is 8.06. The Morgan fingerprint density at radius 3 is 2.54 bits per heavy atom. The number of halogens is 3. The zero-order valence-corrected chi connectivity index (χ0v) is 15.4. The minimum absolute atomic E-state index is 0.0191. The summed E-state index contributed by atoms with van der Waals surface area (Å²) in [5.74, 6) is 0.598. The number of guanidine groups is 1. The number of aryl methyl sites for hydroxylation is 1. The second-order valence-electron chi connectivity index (χ2n) is 5.91. The van der Waals surface area contributed by atoms with Gasteiger partial charge in [0, 0.05) is 46.2 Å². The van der Waals surface area contributed by atoms with Gasteiger partial charge in [0.25, 0.3) is 0 Å². The van der Waals surface area contributed by atoms with Crippen LogP contribution in [-0.4, -0.2) is 57.2 Å². The van der Waals surface area contributed by atoms with Crippen molar-refractivity contribution in [2.75, 3.05) is 34.3 Å². The molecule has 1 rings (SSSR count). The van der Waals surface area contributed by atoms with Gasteiger partial charge in [0.05, 0.1) is 0 Å². The first-order chi connectivity index (χ1) is 12.1. The summed E-state index contributed by atoms with van der Waals surface area (Å²) in [7, 11) is 4.92. The van der Waals surface area contributed by atoms with Crippen molar-refractivity contribution in [3.63, 3.8) is 0 Å². The Hall–Kier alpha value is -2.45. The smallest absolute Gasteiger partial charge is 0.422 e. The largest absolute Gasteiger partial charge is 0.484 e. The topological polar surface area (TPSA) is 66.0 Å². The van der Waals surface area contributed by atoms with Gasteiger partial charge in [-0.05, 0) is 18.6 Å². The lowest BCUT2D eigenvalue weighted by atomic mass is 10.1. The van der Waals surface area contributed by atoms with E-state index in [1.807, 2.05) is 0 Å². The Kier molecular flexibility index (Phi) is 8.21. The van der Waals surface area contributed by atoms with Gasteiger partial charge < -0.3 is 20.3 Å². The van der Waals surface area contributed by atoms with Crippen LogP contribution >= 0.6 is 0 Å². The molecule has 0 radical (unpaired) electrons. The molecule has 0 atom stereocenters. The third-order valence-corrected chi connectivity index (χ3v) is 3.41. The predicted molar refractivity (Wildman–Crippen MR) is 94.2 cm³/mol. The molecule has 0 saturated carbocycles. The quantitative estimate of drug-likeness (QED) is 0.567. The summed E-state index contributed by atoms with van der Waals surface area (Å²) in [4.78, 5) is 17.1. The van der Waals surface area contributed by atoms with Crippen LogP contribution in [0.5, 0.6) is 5.75 Å². The number of aliphatic imine (C=N–C) groups is 1. The minimum Gasteiger partial charge on any atom is -0.484 e. The molecule has 0 aliphatic heterocycles. The number of nitrogens with zero attached hydrogens (tertiary/aromatic N) is 2. The maximum Gasteiger partial charge on any atom is 0.422 e. The number of alkyl halides is 3. The summed E-state index contributed by atoms with van der Waals surface area (Å²) < 4.78 is 42.1. The number of carbonyl (C=O) groups is 1. The third kappa shape index (κ3) is 8.09. The highest BCUT2D eigenvalue weighted by atomic mass is 19.4. The lowest BCUT2D eigenvalue weighted by Gasteiger charge is -2.16. The minimum atomic E-state index is -4.40. The molecule has 0 saturated heterocycles. The van der Waals surface area contributed by atoms with Gasteiger partial charge in [0.2, 0.25) is 5.91 Å². The van der Waals surface area contributed by atoms with Crippen molar-refractivity contribution < 1.29 is 22.7 Å². The van der Waals surface area contributed by atoms with Crippen molar-refractivity contribution in [2.24, 2.45) is 4.99 Å². The second-order valence-corrected chi connectivity index (χ2v) is 5.91. The van der Waals surface area contributed by atoms with Crippen molar-refractivity contribution in [2.45, 2.75) is 26.1 Å². The van der Waals surface area contributed by atoms with E-state index >= 15 is 0 Å². The van der Waals surface area contributed by atoms with Crippen LogP contribution in [0.15, 0.2) is 23.2 Å². The first kappa shape index (κ1) is 21.6. The van der Waals surface area contributed by atoms with Gasteiger partial charge in [-0.2, -0.15) is 13.2 Å². The molecule has 1 aromatic carbocycles. The van der Waals surface area contributed by atoms with E-state index in [0.29, 0.717) is 24.5 Å².